The topological polar surface area (TPSA) is 41.5 Å². The fourth-order valence-electron chi connectivity index (χ4n) is 2.28. The minimum absolute atomic E-state index is 0.297. The monoisotopic (exact) mass is 283 g/mol. The van der Waals surface area contributed by atoms with Crippen LogP contribution in [0.5, 0.6) is 5.75 Å². The first-order valence-corrected chi connectivity index (χ1v) is 7.22. The lowest BCUT2D eigenvalue weighted by Gasteiger charge is -2.38. The third kappa shape index (κ3) is 4.68. The van der Waals surface area contributed by atoms with E-state index >= 15 is 0 Å². The van der Waals surface area contributed by atoms with Gasteiger partial charge in [-0.2, -0.15) is 0 Å². The van der Waals surface area contributed by atoms with E-state index in [0.717, 1.165) is 12.3 Å². The van der Waals surface area contributed by atoms with E-state index in [1.165, 1.54) is 19.3 Å². The molecule has 0 amide bonds. The molecule has 1 aliphatic rings. The Hall–Kier alpha value is -0.770. The molecule has 19 heavy (non-hydrogen) atoms. The fraction of sp³-hybridized carbons (Fsp3) is 0.600. The second-order valence-electron chi connectivity index (χ2n) is 5.71. The van der Waals surface area contributed by atoms with Gasteiger partial charge in [0.15, 0.2) is 0 Å². The summed E-state index contributed by atoms with van der Waals surface area (Å²) in [5.74, 6) is 0.731. The van der Waals surface area contributed by atoms with Gasteiger partial charge in [0.25, 0.3) is 0 Å². The Bertz CT molecular complexity index is 390. The number of hydrogen-bond acceptors (Lipinski definition) is 3. The average Bonchev–Trinajstić information content (AvgIpc) is 2.36. The SMILES string of the molecule is CC1(CNCC(O)COc2ccc(Cl)cc2)CCC1. The minimum atomic E-state index is -0.487. The summed E-state index contributed by atoms with van der Waals surface area (Å²) in [6.45, 7) is 4.14. The van der Waals surface area contributed by atoms with E-state index in [0.29, 0.717) is 23.6 Å². The molecule has 0 aliphatic heterocycles. The lowest BCUT2D eigenvalue weighted by molar-refractivity contribution is 0.0946. The maximum absolute atomic E-state index is 9.84. The van der Waals surface area contributed by atoms with Crippen molar-refractivity contribution in [3.8, 4) is 5.75 Å². The highest BCUT2D eigenvalue weighted by atomic mass is 35.5. The van der Waals surface area contributed by atoms with E-state index in [4.69, 9.17) is 16.3 Å². The van der Waals surface area contributed by atoms with Gasteiger partial charge in [-0.1, -0.05) is 24.9 Å². The summed E-state index contributed by atoms with van der Waals surface area (Å²) in [4.78, 5) is 0. The molecule has 1 atom stereocenters. The largest absolute Gasteiger partial charge is 0.491 e. The van der Waals surface area contributed by atoms with Crippen molar-refractivity contribution in [2.45, 2.75) is 32.3 Å². The van der Waals surface area contributed by atoms with Crippen molar-refractivity contribution >= 4 is 11.6 Å². The summed E-state index contributed by atoms with van der Waals surface area (Å²) in [5.41, 5.74) is 0.441. The first-order valence-electron chi connectivity index (χ1n) is 6.85. The lowest BCUT2D eigenvalue weighted by atomic mass is 9.70. The van der Waals surface area contributed by atoms with Crippen molar-refractivity contribution in [3.63, 3.8) is 0 Å². The van der Waals surface area contributed by atoms with E-state index in [2.05, 4.69) is 12.2 Å². The molecule has 1 aromatic rings. The van der Waals surface area contributed by atoms with E-state index in [9.17, 15) is 5.11 Å². The molecular formula is C15H22ClNO2. The van der Waals surface area contributed by atoms with Gasteiger partial charge in [-0.25, -0.2) is 0 Å². The van der Waals surface area contributed by atoms with Gasteiger partial charge < -0.3 is 15.2 Å². The van der Waals surface area contributed by atoms with Crippen molar-refractivity contribution in [1.29, 1.82) is 0 Å². The standard InChI is InChI=1S/C15H22ClNO2/c1-15(7-2-8-15)11-17-9-13(18)10-19-14-5-3-12(16)4-6-14/h3-6,13,17-18H,2,7-11H2,1H3. The van der Waals surface area contributed by atoms with Crippen LogP contribution in [0.2, 0.25) is 5.02 Å². The van der Waals surface area contributed by atoms with Crippen molar-refractivity contribution in [1.82, 2.24) is 5.32 Å². The van der Waals surface area contributed by atoms with Crippen LogP contribution in [0.15, 0.2) is 24.3 Å². The second-order valence-corrected chi connectivity index (χ2v) is 6.15. The van der Waals surface area contributed by atoms with Gasteiger partial charge in [0, 0.05) is 18.1 Å². The summed E-state index contributed by atoms with van der Waals surface area (Å²) < 4.78 is 5.50. The molecule has 1 aliphatic carbocycles. The number of hydrogen-bond donors (Lipinski definition) is 2. The lowest BCUT2D eigenvalue weighted by Crippen LogP contribution is -2.41. The number of halogens is 1. The Labute approximate surface area is 119 Å². The molecule has 4 heteroatoms. The Balaban J connectivity index is 1.61. The summed E-state index contributed by atoms with van der Waals surface area (Å²) >= 11 is 5.79. The maximum atomic E-state index is 9.84. The van der Waals surface area contributed by atoms with E-state index in [1.807, 2.05) is 0 Å². The van der Waals surface area contributed by atoms with Crippen LogP contribution in [0.25, 0.3) is 0 Å². The highest BCUT2D eigenvalue weighted by molar-refractivity contribution is 6.30. The Morgan fingerprint density at radius 1 is 1.37 bits per heavy atom. The third-order valence-corrected chi connectivity index (χ3v) is 4.00. The van der Waals surface area contributed by atoms with Crippen LogP contribution in [0.4, 0.5) is 0 Å². The molecule has 2 N–H and O–H groups in total. The number of benzene rings is 1. The molecule has 1 fully saturated rings. The number of nitrogens with one attached hydrogen (secondary N) is 1. The summed E-state index contributed by atoms with van der Waals surface area (Å²) in [6, 6.07) is 7.16. The van der Waals surface area contributed by atoms with Gasteiger partial charge in [-0.15, -0.1) is 0 Å². The predicted molar refractivity (Wildman–Crippen MR) is 77.8 cm³/mol. The van der Waals surface area contributed by atoms with Crippen LogP contribution in [0.3, 0.4) is 0 Å². The molecular weight excluding hydrogens is 262 g/mol. The minimum Gasteiger partial charge on any atom is -0.491 e. The van der Waals surface area contributed by atoms with Gasteiger partial charge in [0.1, 0.15) is 18.5 Å². The average molecular weight is 284 g/mol. The molecule has 1 unspecified atom stereocenters. The summed E-state index contributed by atoms with van der Waals surface area (Å²) in [7, 11) is 0. The maximum Gasteiger partial charge on any atom is 0.119 e. The Morgan fingerprint density at radius 2 is 2.05 bits per heavy atom. The Morgan fingerprint density at radius 3 is 2.63 bits per heavy atom. The number of aliphatic hydroxyl groups excluding tert-OH is 1. The molecule has 1 saturated carbocycles. The van der Waals surface area contributed by atoms with Gasteiger partial charge >= 0.3 is 0 Å². The molecule has 106 valence electrons. The molecule has 3 nitrogen and oxygen atoms in total. The quantitative estimate of drug-likeness (QED) is 0.808. The van der Waals surface area contributed by atoms with Crippen LogP contribution in [-0.4, -0.2) is 30.9 Å². The molecule has 1 aromatic carbocycles. The van der Waals surface area contributed by atoms with E-state index in [1.54, 1.807) is 24.3 Å². The van der Waals surface area contributed by atoms with Crippen molar-refractivity contribution < 1.29 is 9.84 Å². The first kappa shape index (κ1) is 14.6. The van der Waals surface area contributed by atoms with Crippen molar-refractivity contribution in [3.05, 3.63) is 29.3 Å². The van der Waals surface area contributed by atoms with Crippen LogP contribution < -0.4 is 10.1 Å². The van der Waals surface area contributed by atoms with Crippen LogP contribution in [0.1, 0.15) is 26.2 Å². The van der Waals surface area contributed by atoms with E-state index < -0.39 is 6.10 Å². The van der Waals surface area contributed by atoms with Crippen molar-refractivity contribution in [2.75, 3.05) is 19.7 Å². The smallest absolute Gasteiger partial charge is 0.119 e. The fourth-order valence-corrected chi connectivity index (χ4v) is 2.41. The number of rotatable bonds is 7. The predicted octanol–water partition coefficient (Wildman–Crippen LogP) is 2.86. The van der Waals surface area contributed by atoms with Gasteiger partial charge in [-0.05, 0) is 42.5 Å². The molecule has 0 heterocycles. The van der Waals surface area contributed by atoms with Gasteiger partial charge in [0.05, 0.1) is 0 Å². The van der Waals surface area contributed by atoms with E-state index in [-0.39, 0.29) is 0 Å². The zero-order valence-corrected chi connectivity index (χ0v) is 12.1. The summed E-state index contributed by atoms with van der Waals surface area (Å²) in [5, 5.41) is 13.8. The zero-order valence-electron chi connectivity index (χ0n) is 11.4. The molecule has 0 radical (unpaired) electrons. The number of ether oxygens (including phenoxy) is 1. The van der Waals surface area contributed by atoms with Crippen molar-refractivity contribution in [2.24, 2.45) is 5.41 Å². The molecule has 2 rings (SSSR count). The van der Waals surface area contributed by atoms with Gasteiger partial charge in [0.2, 0.25) is 0 Å². The van der Waals surface area contributed by atoms with Crippen LogP contribution in [0, 0.1) is 5.41 Å². The van der Waals surface area contributed by atoms with Crippen LogP contribution >= 0.6 is 11.6 Å². The highest BCUT2D eigenvalue weighted by Crippen LogP contribution is 2.39. The first-order chi connectivity index (χ1) is 9.07. The van der Waals surface area contributed by atoms with Gasteiger partial charge in [-0.3, -0.25) is 0 Å². The number of aliphatic hydroxyl groups is 1. The third-order valence-electron chi connectivity index (χ3n) is 3.75. The molecule has 0 saturated heterocycles. The zero-order chi connectivity index (χ0) is 13.7. The summed E-state index contributed by atoms with van der Waals surface area (Å²) in [6.07, 6.45) is 3.43. The van der Waals surface area contributed by atoms with Crippen LogP contribution in [-0.2, 0) is 0 Å². The Kier molecular flexibility index (Phi) is 5.08. The molecule has 0 spiro atoms. The normalized spacial score (nSPS) is 18.7. The highest BCUT2D eigenvalue weighted by Gasteiger charge is 2.31. The molecule has 0 bridgehead atoms. The second kappa shape index (κ2) is 6.60. The molecule has 0 aromatic heterocycles.